The standard InChI is InChI=1S/C15H17BrN2O2S/c1-4-20-14(19)12-9(2)17-15(21-3)18-13(12)10-5-7-11(16)8-6-10/h5-8,13H,4H2,1-3H3,(H,17,18). The van der Waals surface area contributed by atoms with Crippen LogP contribution in [0, 0.1) is 0 Å². The van der Waals surface area contributed by atoms with Crippen LogP contribution >= 0.6 is 27.7 Å². The van der Waals surface area contributed by atoms with Gasteiger partial charge in [0, 0.05) is 10.2 Å². The summed E-state index contributed by atoms with van der Waals surface area (Å²) in [5.41, 5.74) is 2.33. The summed E-state index contributed by atoms with van der Waals surface area (Å²) in [5, 5.41) is 3.95. The maximum absolute atomic E-state index is 12.2. The SMILES string of the molecule is CCOC(=O)C1=C(C)NC(SC)=NC1c1ccc(Br)cc1. The van der Waals surface area contributed by atoms with Gasteiger partial charge in [-0.05, 0) is 37.8 Å². The average molecular weight is 369 g/mol. The minimum absolute atomic E-state index is 0.320. The van der Waals surface area contributed by atoms with Crippen LogP contribution in [0.1, 0.15) is 25.5 Å². The van der Waals surface area contributed by atoms with Crippen molar-refractivity contribution in [2.45, 2.75) is 19.9 Å². The molecule has 0 fully saturated rings. The van der Waals surface area contributed by atoms with Gasteiger partial charge < -0.3 is 10.1 Å². The van der Waals surface area contributed by atoms with Gasteiger partial charge in [-0.3, -0.25) is 0 Å². The summed E-state index contributed by atoms with van der Waals surface area (Å²) in [5.74, 6) is -0.320. The third-order valence-electron chi connectivity index (χ3n) is 3.09. The zero-order valence-corrected chi connectivity index (χ0v) is 14.5. The average Bonchev–Trinajstić information content (AvgIpc) is 2.47. The molecule has 1 N–H and O–H groups in total. The second-order valence-electron chi connectivity index (χ2n) is 4.48. The van der Waals surface area contributed by atoms with Crippen molar-refractivity contribution in [1.82, 2.24) is 5.32 Å². The first-order valence-corrected chi connectivity index (χ1v) is 8.60. The van der Waals surface area contributed by atoms with Crippen LogP contribution in [0.4, 0.5) is 0 Å². The van der Waals surface area contributed by atoms with E-state index in [1.165, 1.54) is 11.8 Å². The number of nitrogens with zero attached hydrogens (tertiary/aromatic N) is 1. The molecule has 1 heterocycles. The lowest BCUT2D eigenvalue weighted by Crippen LogP contribution is -2.30. The zero-order valence-electron chi connectivity index (χ0n) is 12.1. The Labute approximate surface area is 137 Å². The summed E-state index contributed by atoms with van der Waals surface area (Å²) in [6, 6.07) is 7.50. The molecule has 1 atom stereocenters. The molecule has 0 aromatic heterocycles. The third kappa shape index (κ3) is 3.68. The van der Waals surface area contributed by atoms with E-state index in [-0.39, 0.29) is 12.0 Å². The first kappa shape index (κ1) is 16.1. The van der Waals surface area contributed by atoms with Gasteiger partial charge in [0.15, 0.2) is 5.17 Å². The van der Waals surface area contributed by atoms with Crippen molar-refractivity contribution in [2.24, 2.45) is 4.99 Å². The van der Waals surface area contributed by atoms with Gasteiger partial charge in [0.2, 0.25) is 0 Å². The van der Waals surface area contributed by atoms with Gasteiger partial charge in [-0.2, -0.15) is 0 Å². The Morgan fingerprint density at radius 3 is 2.67 bits per heavy atom. The quantitative estimate of drug-likeness (QED) is 0.827. The van der Waals surface area contributed by atoms with Crippen molar-refractivity contribution in [2.75, 3.05) is 12.9 Å². The van der Waals surface area contributed by atoms with Crippen molar-refractivity contribution >= 4 is 38.8 Å². The molecule has 1 aromatic carbocycles. The monoisotopic (exact) mass is 368 g/mol. The van der Waals surface area contributed by atoms with Crippen LogP contribution in [0.25, 0.3) is 0 Å². The van der Waals surface area contributed by atoms with Gasteiger partial charge >= 0.3 is 5.97 Å². The zero-order chi connectivity index (χ0) is 15.4. The molecule has 4 nitrogen and oxygen atoms in total. The summed E-state index contributed by atoms with van der Waals surface area (Å²) in [7, 11) is 0. The minimum Gasteiger partial charge on any atom is -0.463 e. The molecule has 6 heteroatoms. The van der Waals surface area contributed by atoms with E-state index in [2.05, 4.69) is 26.2 Å². The fourth-order valence-electron chi connectivity index (χ4n) is 2.11. The number of aliphatic imine (C=N–C) groups is 1. The molecule has 0 bridgehead atoms. The number of hydrogen-bond donors (Lipinski definition) is 1. The van der Waals surface area contributed by atoms with Gasteiger partial charge in [0.05, 0.1) is 12.2 Å². The Balaban J connectivity index is 2.44. The second kappa shape index (κ2) is 7.13. The number of amidine groups is 1. The topological polar surface area (TPSA) is 50.7 Å². The largest absolute Gasteiger partial charge is 0.463 e. The maximum Gasteiger partial charge on any atom is 0.338 e. The lowest BCUT2D eigenvalue weighted by molar-refractivity contribution is -0.138. The van der Waals surface area contributed by atoms with Crippen LogP contribution < -0.4 is 5.32 Å². The molecule has 1 unspecified atom stereocenters. The van der Waals surface area contributed by atoms with Crippen molar-refractivity contribution in [1.29, 1.82) is 0 Å². The smallest absolute Gasteiger partial charge is 0.338 e. The molecule has 0 saturated heterocycles. The molecule has 112 valence electrons. The number of hydrogen-bond acceptors (Lipinski definition) is 5. The van der Waals surface area contributed by atoms with E-state index < -0.39 is 0 Å². The Kier molecular flexibility index (Phi) is 5.47. The lowest BCUT2D eigenvalue weighted by atomic mass is 9.97. The van der Waals surface area contributed by atoms with E-state index in [4.69, 9.17) is 4.74 Å². The number of rotatable bonds is 3. The van der Waals surface area contributed by atoms with Crippen LogP contribution in [-0.2, 0) is 9.53 Å². The first-order chi connectivity index (χ1) is 10.1. The van der Waals surface area contributed by atoms with Gasteiger partial charge in [0.1, 0.15) is 6.04 Å². The molecule has 1 aliphatic heterocycles. The normalized spacial score (nSPS) is 18.1. The summed E-state index contributed by atoms with van der Waals surface area (Å²) in [6.07, 6.45) is 1.95. The van der Waals surface area contributed by atoms with E-state index >= 15 is 0 Å². The molecule has 1 aromatic rings. The van der Waals surface area contributed by atoms with Crippen molar-refractivity contribution in [3.05, 3.63) is 45.6 Å². The number of thioether (sulfide) groups is 1. The van der Waals surface area contributed by atoms with Crippen LogP contribution in [0.15, 0.2) is 45.0 Å². The lowest BCUT2D eigenvalue weighted by Gasteiger charge is -2.25. The number of benzene rings is 1. The molecule has 0 radical (unpaired) electrons. The Bertz CT molecular complexity index is 596. The Hall–Kier alpha value is -1.27. The van der Waals surface area contributed by atoms with Gasteiger partial charge in [-0.15, -0.1) is 0 Å². The fourth-order valence-corrected chi connectivity index (χ4v) is 2.84. The first-order valence-electron chi connectivity index (χ1n) is 6.59. The Morgan fingerprint density at radius 2 is 2.10 bits per heavy atom. The molecular weight excluding hydrogens is 352 g/mol. The number of carbonyl (C=O) groups is 1. The van der Waals surface area contributed by atoms with E-state index in [1.54, 1.807) is 6.92 Å². The molecule has 2 rings (SSSR count). The number of ether oxygens (including phenoxy) is 1. The summed E-state index contributed by atoms with van der Waals surface area (Å²) in [4.78, 5) is 16.9. The highest BCUT2D eigenvalue weighted by molar-refractivity contribution is 9.10. The predicted molar refractivity (Wildman–Crippen MR) is 90.3 cm³/mol. The predicted octanol–water partition coefficient (Wildman–Crippen LogP) is 3.65. The molecule has 0 spiro atoms. The number of nitrogens with one attached hydrogen (secondary N) is 1. The van der Waals surface area contributed by atoms with Gasteiger partial charge in [-0.25, -0.2) is 9.79 Å². The number of esters is 1. The highest BCUT2D eigenvalue weighted by atomic mass is 79.9. The maximum atomic E-state index is 12.2. The van der Waals surface area contributed by atoms with Crippen LogP contribution in [-0.4, -0.2) is 24.0 Å². The summed E-state index contributed by atoms with van der Waals surface area (Å²) < 4.78 is 6.17. The van der Waals surface area contributed by atoms with Crippen molar-refractivity contribution in [3.63, 3.8) is 0 Å². The summed E-state index contributed by atoms with van der Waals surface area (Å²) in [6.45, 7) is 4.03. The number of carbonyl (C=O) groups excluding carboxylic acids is 1. The van der Waals surface area contributed by atoms with Crippen molar-refractivity contribution in [3.8, 4) is 0 Å². The number of halogens is 1. The van der Waals surface area contributed by atoms with Gasteiger partial charge in [-0.1, -0.05) is 39.8 Å². The van der Waals surface area contributed by atoms with E-state index in [1.807, 2.05) is 37.4 Å². The molecule has 21 heavy (non-hydrogen) atoms. The second-order valence-corrected chi connectivity index (χ2v) is 6.19. The summed E-state index contributed by atoms with van der Waals surface area (Å²) >= 11 is 4.94. The van der Waals surface area contributed by atoms with Crippen LogP contribution in [0.5, 0.6) is 0 Å². The molecule has 0 saturated carbocycles. The Morgan fingerprint density at radius 1 is 1.43 bits per heavy atom. The van der Waals surface area contributed by atoms with E-state index in [0.717, 1.165) is 20.9 Å². The van der Waals surface area contributed by atoms with Gasteiger partial charge in [0.25, 0.3) is 0 Å². The highest BCUT2D eigenvalue weighted by Gasteiger charge is 2.29. The highest BCUT2D eigenvalue weighted by Crippen LogP contribution is 2.33. The molecular formula is C15H17BrN2O2S. The van der Waals surface area contributed by atoms with Crippen LogP contribution in [0.3, 0.4) is 0 Å². The fraction of sp³-hybridized carbons (Fsp3) is 0.333. The molecule has 1 aliphatic rings. The molecule has 0 aliphatic carbocycles. The minimum atomic E-state index is -0.333. The van der Waals surface area contributed by atoms with Crippen LogP contribution in [0.2, 0.25) is 0 Å². The van der Waals surface area contributed by atoms with E-state index in [9.17, 15) is 4.79 Å². The van der Waals surface area contributed by atoms with Crippen molar-refractivity contribution < 1.29 is 9.53 Å². The number of allylic oxidation sites excluding steroid dienone is 1. The third-order valence-corrected chi connectivity index (χ3v) is 4.22. The molecule has 0 amide bonds. The van der Waals surface area contributed by atoms with E-state index in [0.29, 0.717) is 12.2 Å².